The van der Waals surface area contributed by atoms with Crippen molar-refractivity contribution in [1.82, 2.24) is 14.9 Å². The Hall–Kier alpha value is -4.52. The quantitative estimate of drug-likeness (QED) is 0.370. The highest BCUT2D eigenvalue weighted by Gasteiger charge is 2.33. The molecule has 0 aliphatic rings. The van der Waals surface area contributed by atoms with Crippen LogP contribution in [0.1, 0.15) is 57.1 Å². The zero-order valence-electron chi connectivity index (χ0n) is 19.9. The van der Waals surface area contributed by atoms with E-state index < -0.39 is 34.5 Å². The number of nitriles is 1. The number of carbonyl (C=O) groups excluding carboxylic acids is 3. The number of benzene rings is 1. The van der Waals surface area contributed by atoms with E-state index in [0.29, 0.717) is 5.69 Å². The molecule has 0 saturated heterocycles. The summed E-state index contributed by atoms with van der Waals surface area (Å²) in [6.07, 6.45) is 1.46. The number of carbonyl (C=O) groups is 3. The molecule has 0 saturated carbocycles. The Kier molecular flexibility index (Phi) is 6.73. The Bertz CT molecular complexity index is 1460. The van der Waals surface area contributed by atoms with Crippen LogP contribution in [0.3, 0.4) is 0 Å². The Morgan fingerprint density at radius 3 is 2.49 bits per heavy atom. The van der Waals surface area contributed by atoms with Gasteiger partial charge in [0, 0.05) is 30.2 Å². The molecule has 3 aromatic rings. The Balaban J connectivity index is 1.90. The number of halogens is 1. The fourth-order valence-electron chi connectivity index (χ4n) is 3.95. The molecule has 1 aromatic carbocycles. The number of hydrogen-bond acceptors (Lipinski definition) is 5. The third-order valence-electron chi connectivity index (χ3n) is 5.84. The van der Waals surface area contributed by atoms with E-state index in [0.717, 1.165) is 6.07 Å². The SMILES string of the molecule is Cc1c(C(=O)C(=O)NC(C)(C)c2ccc[nH]c2=O)c(C)n(C)c1C(=O)Nc1ccc(F)c(C#N)c1. The van der Waals surface area contributed by atoms with Gasteiger partial charge in [0.2, 0.25) is 0 Å². The third kappa shape index (κ3) is 4.75. The van der Waals surface area contributed by atoms with Gasteiger partial charge in [-0.1, -0.05) is 0 Å². The summed E-state index contributed by atoms with van der Waals surface area (Å²) in [5, 5.41) is 14.2. The first kappa shape index (κ1) is 25.1. The lowest BCUT2D eigenvalue weighted by molar-refractivity contribution is -0.118. The van der Waals surface area contributed by atoms with E-state index in [1.54, 1.807) is 52.9 Å². The molecule has 35 heavy (non-hydrogen) atoms. The highest BCUT2D eigenvalue weighted by atomic mass is 19.1. The second kappa shape index (κ2) is 9.38. The zero-order chi connectivity index (χ0) is 26.1. The molecular weight excluding hydrogens is 453 g/mol. The van der Waals surface area contributed by atoms with Crippen LogP contribution in [0.4, 0.5) is 10.1 Å². The van der Waals surface area contributed by atoms with Gasteiger partial charge in [0.1, 0.15) is 17.6 Å². The van der Waals surface area contributed by atoms with Crippen molar-refractivity contribution in [2.45, 2.75) is 33.2 Å². The lowest BCUT2D eigenvalue weighted by Gasteiger charge is -2.25. The summed E-state index contributed by atoms with van der Waals surface area (Å²) in [5.41, 5.74) is -0.429. The van der Waals surface area contributed by atoms with Gasteiger partial charge in [-0.2, -0.15) is 5.26 Å². The number of H-pyrrole nitrogens is 1. The molecular formula is C25H24FN5O4. The van der Waals surface area contributed by atoms with Crippen molar-refractivity contribution >= 4 is 23.3 Å². The summed E-state index contributed by atoms with van der Waals surface area (Å²) in [7, 11) is 1.57. The van der Waals surface area contributed by atoms with Gasteiger partial charge < -0.3 is 20.2 Å². The van der Waals surface area contributed by atoms with E-state index >= 15 is 0 Å². The number of rotatable bonds is 6. The van der Waals surface area contributed by atoms with Gasteiger partial charge >= 0.3 is 0 Å². The number of Topliss-reactive ketones (excluding diaryl/α,β-unsaturated/α-hetero) is 1. The van der Waals surface area contributed by atoms with Crippen molar-refractivity contribution < 1.29 is 18.8 Å². The van der Waals surface area contributed by atoms with E-state index in [1.165, 1.54) is 22.9 Å². The molecule has 2 aromatic heterocycles. The summed E-state index contributed by atoms with van der Waals surface area (Å²) < 4.78 is 15.1. The average molecular weight is 477 g/mol. The minimum Gasteiger partial charge on any atom is -0.343 e. The molecule has 180 valence electrons. The molecule has 10 heteroatoms. The number of amides is 2. The zero-order valence-corrected chi connectivity index (χ0v) is 19.9. The van der Waals surface area contributed by atoms with E-state index in [9.17, 15) is 23.6 Å². The van der Waals surface area contributed by atoms with Crippen molar-refractivity contribution in [2.75, 3.05) is 5.32 Å². The van der Waals surface area contributed by atoms with Gasteiger partial charge in [-0.05, 0) is 63.6 Å². The molecule has 0 unspecified atom stereocenters. The molecule has 3 rings (SSSR count). The van der Waals surface area contributed by atoms with Crippen molar-refractivity contribution in [3.8, 4) is 6.07 Å². The second-order valence-corrected chi connectivity index (χ2v) is 8.57. The van der Waals surface area contributed by atoms with E-state index in [1.807, 2.05) is 0 Å². The number of nitrogens with one attached hydrogen (secondary N) is 3. The first-order valence-electron chi connectivity index (χ1n) is 10.6. The fraction of sp³-hybridized carbons (Fsp3) is 0.240. The predicted molar refractivity (Wildman–Crippen MR) is 127 cm³/mol. The topological polar surface area (TPSA) is 137 Å². The number of hydrogen-bond donors (Lipinski definition) is 3. The lowest BCUT2D eigenvalue weighted by atomic mass is 9.94. The number of nitrogens with zero attached hydrogens (tertiary/aromatic N) is 2. The monoisotopic (exact) mass is 477 g/mol. The summed E-state index contributed by atoms with van der Waals surface area (Å²) in [5.74, 6) is -3.10. The molecule has 2 amide bonds. The van der Waals surface area contributed by atoms with Gasteiger partial charge in [-0.25, -0.2) is 4.39 Å². The summed E-state index contributed by atoms with van der Waals surface area (Å²) in [4.78, 5) is 53.7. The Morgan fingerprint density at radius 1 is 1.17 bits per heavy atom. The second-order valence-electron chi connectivity index (χ2n) is 8.57. The van der Waals surface area contributed by atoms with E-state index in [2.05, 4.69) is 15.6 Å². The molecule has 0 radical (unpaired) electrons. The maximum atomic E-state index is 13.6. The molecule has 0 spiro atoms. The van der Waals surface area contributed by atoms with Crippen LogP contribution in [-0.4, -0.2) is 27.1 Å². The van der Waals surface area contributed by atoms with Crippen LogP contribution in [0.5, 0.6) is 0 Å². The smallest absolute Gasteiger partial charge is 0.293 e. The van der Waals surface area contributed by atoms with Crippen molar-refractivity contribution in [3.63, 3.8) is 0 Å². The highest BCUT2D eigenvalue weighted by Crippen LogP contribution is 2.24. The van der Waals surface area contributed by atoms with Crippen LogP contribution in [-0.2, 0) is 17.4 Å². The number of pyridine rings is 1. The Labute approximate surface area is 200 Å². The first-order chi connectivity index (χ1) is 16.4. The van der Waals surface area contributed by atoms with Crippen LogP contribution in [0.15, 0.2) is 41.3 Å². The average Bonchev–Trinajstić information content (AvgIpc) is 3.02. The normalized spacial score (nSPS) is 11.0. The van der Waals surface area contributed by atoms with Crippen LogP contribution < -0.4 is 16.2 Å². The lowest BCUT2D eigenvalue weighted by Crippen LogP contribution is -2.47. The van der Waals surface area contributed by atoms with Crippen LogP contribution in [0.2, 0.25) is 0 Å². The van der Waals surface area contributed by atoms with Gasteiger partial charge in [-0.15, -0.1) is 0 Å². The van der Waals surface area contributed by atoms with E-state index in [4.69, 9.17) is 5.26 Å². The van der Waals surface area contributed by atoms with Crippen molar-refractivity contribution in [1.29, 1.82) is 5.26 Å². The summed E-state index contributed by atoms with van der Waals surface area (Å²) in [6, 6.07) is 8.45. The largest absolute Gasteiger partial charge is 0.343 e. The molecule has 9 nitrogen and oxygen atoms in total. The van der Waals surface area contributed by atoms with Crippen LogP contribution >= 0.6 is 0 Å². The van der Waals surface area contributed by atoms with Gasteiger partial charge in [-0.3, -0.25) is 19.2 Å². The molecule has 0 aliphatic heterocycles. The van der Waals surface area contributed by atoms with Crippen molar-refractivity contribution in [2.24, 2.45) is 7.05 Å². The van der Waals surface area contributed by atoms with Gasteiger partial charge in [0.25, 0.3) is 23.2 Å². The maximum absolute atomic E-state index is 13.6. The molecule has 3 N–H and O–H groups in total. The minimum atomic E-state index is -1.14. The third-order valence-corrected chi connectivity index (χ3v) is 5.84. The summed E-state index contributed by atoms with van der Waals surface area (Å²) in [6.45, 7) is 6.35. The minimum absolute atomic E-state index is 0.0599. The maximum Gasteiger partial charge on any atom is 0.293 e. The van der Waals surface area contributed by atoms with E-state index in [-0.39, 0.29) is 33.6 Å². The van der Waals surface area contributed by atoms with Crippen molar-refractivity contribution in [3.05, 3.63) is 86.3 Å². The molecule has 0 fully saturated rings. The fourth-order valence-corrected chi connectivity index (χ4v) is 3.95. The standard InChI is InChI=1S/C25H24FN5O4/c1-13-19(21(32)24(35)30-25(3,4)17-7-6-10-28-22(17)33)14(2)31(5)20(13)23(34)29-16-8-9-18(26)15(11-16)12-27/h6-11H,1-5H3,(H,28,33)(H,29,34)(H,30,35). The number of aromatic nitrogens is 2. The number of ketones is 1. The highest BCUT2D eigenvalue weighted by molar-refractivity contribution is 6.43. The number of aromatic amines is 1. The van der Waals surface area contributed by atoms with Crippen LogP contribution in [0.25, 0.3) is 0 Å². The number of anilines is 1. The molecule has 2 heterocycles. The van der Waals surface area contributed by atoms with Gasteiger partial charge in [0.05, 0.1) is 16.7 Å². The molecule has 0 atom stereocenters. The van der Waals surface area contributed by atoms with Gasteiger partial charge in [0.15, 0.2) is 0 Å². The molecule has 0 aliphatic carbocycles. The Morgan fingerprint density at radius 2 is 1.86 bits per heavy atom. The predicted octanol–water partition coefficient (Wildman–Crippen LogP) is 2.83. The summed E-state index contributed by atoms with van der Waals surface area (Å²) >= 11 is 0. The van der Waals surface area contributed by atoms with Crippen LogP contribution in [0, 0.1) is 31.0 Å². The first-order valence-corrected chi connectivity index (χ1v) is 10.6. The molecule has 0 bridgehead atoms.